The van der Waals surface area contributed by atoms with Crippen molar-refractivity contribution in [2.45, 2.75) is 26.4 Å². The summed E-state index contributed by atoms with van der Waals surface area (Å²) >= 11 is 0. The molecule has 3 heteroatoms. The van der Waals surface area contributed by atoms with Crippen molar-refractivity contribution in [3.05, 3.63) is 42.2 Å². The number of benzene rings is 1. The lowest BCUT2D eigenvalue weighted by molar-refractivity contribution is -0.158. The number of carbonyl (C=O) groups excluding carboxylic acids is 1. The largest absolute Gasteiger partial charge is 0.489 e. The van der Waals surface area contributed by atoms with Gasteiger partial charge in [0.2, 0.25) is 0 Å². The lowest BCUT2D eigenvalue weighted by Gasteiger charge is -2.18. The van der Waals surface area contributed by atoms with Crippen LogP contribution in [0.1, 0.15) is 26.3 Å². The van der Waals surface area contributed by atoms with Crippen LogP contribution in [0.5, 0.6) is 0 Å². The molecule has 0 unspecified atom stereocenters. The zero-order valence-corrected chi connectivity index (χ0v) is 10.5. The van der Waals surface area contributed by atoms with Gasteiger partial charge < -0.3 is 9.47 Å². The molecule has 17 heavy (non-hydrogen) atoms. The molecule has 0 atom stereocenters. The number of carbonyl (C=O) groups is 1. The maximum Gasteiger partial charge on any atom is 0.344 e. The molecule has 0 saturated carbocycles. The lowest BCUT2D eigenvalue weighted by atomic mass is 10.2. The van der Waals surface area contributed by atoms with E-state index < -0.39 is 5.60 Å². The predicted octanol–water partition coefficient (Wildman–Crippen LogP) is 3.02. The Morgan fingerprint density at radius 1 is 1.24 bits per heavy atom. The average Bonchev–Trinajstić information content (AvgIpc) is 2.23. The number of ether oxygens (including phenoxy) is 2. The van der Waals surface area contributed by atoms with Crippen LogP contribution in [-0.4, -0.2) is 18.2 Å². The first-order valence-electron chi connectivity index (χ1n) is 5.52. The molecule has 0 heterocycles. The molecule has 0 aliphatic heterocycles. The zero-order valence-electron chi connectivity index (χ0n) is 10.5. The second-order valence-corrected chi connectivity index (χ2v) is 4.61. The van der Waals surface area contributed by atoms with E-state index in [4.69, 9.17) is 9.47 Å². The maximum absolute atomic E-state index is 11.3. The molecule has 0 radical (unpaired) electrons. The van der Waals surface area contributed by atoms with Gasteiger partial charge in [-0.2, -0.15) is 0 Å². The van der Waals surface area contributed by atoms with Crippen molar-refractivity contribution in [1.82, 2.24) is 0 Å². The Labute approximate surface area is 102 Å². The fourth-order valence-corrected chi connectivity index (χ4v) is 1.18. The maximum atomic E-state index is 11.3. The molecule has 0 amide bonds. The average molecular weight is 234 g/mol. The molecule has 1 aromatic rings. The minimum absolute atomic E-state index is 0.0688. The van der Waals surface area contributed by atoms with Crippen LogP contribution in [0, 0.1) is 0 Å². The SMILES string of the molecule is CC(C)(C)OC(=O)COC=Cc1ccccc1. The Balaban J connectivity index is 2.29. The summed E-state index contributed by atoms with van der Waals surface area (Å²) < 4.78 is 10.2. The molecule has 0 fully saturated rings. The second-order valence-electron chi connectivity index (χ2n) is 4.61. The van der Waals surface area contributed by atoms with Gasteiger partial charge in [0, 0.05) is 0 Å². The fraction of sp³-hybridized carbons (Fsp3) is 0.357. The van der Waals surface area contributed by atoms with Crippen LogP contribution in [0.2, 0.25) is 0 Å². The van der Waals surface area contributed by atoms with Gasteiger partial charge in [-0.1, -0.05) is 30.3 Å². The Hall–Kier alpha value is -1.77. The molecule has 0 aromatic heterocycles. The van der Waals surface area contributed by atoms with Crippen molar-refractivity contribution in [3.8, 4) is 0 Å². The highest BCUT2D eigenvalue weighted by atomic mass is 16.6. The summed E-state index contributed by atoms with van der Waals surface area (Å²) in [6, 6.07) is 9.72. The second kappa shape index (κ2) is 6.09. The van der Waals surface area contributed by atoms with Crippen LogP contribution in [0.4, 0.5) is 0 Å². The summed E-state index contributed by atoms with van der Waals surface area (Å²) in [5, 5.41) is 0. The molecular weight excluding hydrogens is 216 g/mol. The van der Waals surface area contributed by atoms with E-state index >= 15 is 0 Å². The van der Waals surface area contributed by atoms with Gasteiger partial charge in [-0.05, 0) is 32.4 Å². The standard InChI is InChI=1S/C14H18O3/c1-14(2,3)17-13(15)11-16-10-9-12-7-5-4-6-8-12/h4-10H,11H2,1-3H3. The van der Waals surface area contributed by atoms with E-state index in [9.17, 15) is 4.79 Å². The highest BCUT2D eigenvalue weighted by Gasteiger charge is 2.15. The molecule has 0 N–H and O–H groups in total. The lowest BCUT2D eigenvalue weighted by Crippen LogP contribution is -2.26. The summed E-state index contributed by atoms with van der Waals surface area (Å²) in [5.41, 5.74) is 0.556. The van der Waals surface area contributed by atoms with Gasteiger partial charge in [-0.15, -0.1) is 0 Å². The van der Waals surface area contributed by atoms with Gasteiger partial charge in [0.25, 0.3) is 0 Å². The van der Waals surface area contributed by atoms with Crippen LogP contribution >= 0.6 is 0 Å². The summed E-state index contributed by atoms with van der Waals surface area (Å²) in [6.07, 6.45) is 3.30. The van der Waals surface area contributed by atoms with Crippen molar-refractivity contribution in [1.29, 1.82) is 0 Å². The smallest absolute Gasteiger partial charge is 0.344 e. The topological polar surface area (TPSA) is 35.5 Å². The van der Waals surface area contributed by atoms with Gasteiger partial charge in [0.1, 0.15) is 5.60 Å². The van der Waals surface area contributed by atoms with Crippen LogP contribution in [0.15, 0.2) is 36.6 Å². The Bertz CT molecular complexity index is 374. The van der Waals surface area contributed by atoms with Crippen molar-refractivity contribution >= 4 is 12.0 Å². The molecule has 3 nitrogen and oxygen atoms in total. The Kier molecular flexibility index (Phi) is 4.76. The normalized spacial score (nSPS) is 11.5. The summed E-state index contributed by atoms with van der Waals surface area (Å²) in [5.74, 6) is -0.366. The van der Waals surface area contributed by atoms with E-state index in [1.54, 1.807) is 6.08 Å². The van der Waals surface area contributed by atoms with Gasteiger partial charge in [-0.25, -0.2) is 4.79 Å². The first-order valence-corrected chi connectivity index (χ1v) is 5.52. The van der Waals surface area contributed by atoms with Crippen LogP contribution in [0.25, 0.3) is 6.08 Å². The molecular formula is C14H18O3. The number of hydrogen-bond acceptors (Lipinski definition) is 3. The summed E-state index contributed by atoms with van der Waals surface area (Å²) in [7, 11) is 0. The number of hydrogen-bond donors (Lipinski definition) is 0. The quantitative estimate of drug-likeness (QED) is 0.593. The molecule has 0 aliphatic rings. The third-order valence-corrected chi connectivity index (χ3v) is 1.78. The summed E-state index contributed by atoms with van der Waals surface area (Å²) in [6.45, 7) is 5.40. The van der Waals surface area contributed by atoms with Crippen molar-refractivity contribution in [2.75, 3.05) is 6.61 Å². The molecule has 92 valence electrons. The van der Waals surface area contributed by atoms with Crippen molar-refractivity contribution < 1.29 is 14.3 Å². The molecule has 0 saturated heterocycles. The van der Waals surface area contributed by atoms with E-state index in [1.807, 2.05) is 51.1 Å². The Morgan fingerprint density at radius 3 is 2.47 bits per heavy atom. The van der Waals surface area contributed by atoms with Crippen molar-refractivity contribution in [3.63, 3.8) is 0 Å². The van der Waals surface area contributed by atoms with Crippen LogP contribution in [-0.2, 0) is 14.3 Å². The van der Waals surface area contributed by atoms with Gasteiger partial charge in [-0.3, -0.25) is 0 Å². The molecule has 0 spiro atoms. The first-order chi connectivity index (χ1) is 7.97. The molecule has 1 rings (SSSR count). The molecule has 0 aliphatic carbocycles. The van der Waals surface area contributed by atoms with E-state index in [1.165, 1.54) is 6.26 Å². The minimum Gasteiger partial charge on any atom is -0.489 e. The zero-order chi connectivity index (χ0) is 12.7. The highest BCUT2D eigenvalue weighted by molar-refractivity contribution is 5.71. The van der Waals surface area contributed by atoms with Crippen molar-refractivity contribution in [2.24, 2.45) is 0 Å². The monoisotopic (exact) mass is 234 g/mol. The van der Waals surface area contributed by atoms with E-state index in [0.29, 0.717) is 0 Å². The molecule has 1 aromatic carbocycles. The van der Waals surface area contributed by atoms with E-state index in [0.717, 1.165) is 5.56 Å². The minimum atomic E-state index is -0.469. The van der Waals surface area contributed by atoms with E-state index in [-0.39, 0.29) is 12.6 Å². The highest BCUT2D eigenvalue weighted by Crippen LogP contribution is 2.07. The van der Waals surface area contributed by atoms with Crippen LogP contribution < -0.4 is 0 Å². The summed E-state index contributed by atoms with van der Waals surface area (Å²) in [4.78, 5) is 11.3. The fourth-order valence-electron chi connectivity index (χ4n) is 1.18. The number of rotatable bonds is 4. The van der Waals surface area contributed by atoms with Gasteiger partial charge in [0.15, 0.2) is 6.61 Å². The first kappa shape index (κ1) is 13.3. The third-order valence-electron chi connectivity index (χ3n) is 1.78. The van der Waals surface area contributed by atoms with Crippen LogP contribution in [0.3, 0.4) is 0 Å². The van der Waals surface area contributed by atoms with E-state index in [2.05, 4.69) is 0 Å². The van der Waals surface area contributed by atoms with Gasteiger partial charge >= 0.3 is 5.97 Å². The Morgan fingerprint density at radius 2 is 1.88 bits per heavy atom. The molecule has 0 bridgehead atoms. The predicted molar refractivity (Wildman–Crippen MR) is 67.3 cm³/mol. The number of esters is 1. The third kappa shape index (κ3) is 6.40. The van der Waals surface area contributed by atoms with Gasteiger partial charge in [0.05, 0.1) is 6.26 Å².